The van der Waals surface area contributed by atoms with Gasteiger partial charge in [-0.2, -0.15) is 5.26 Å². The van der Waals surface area contributed by atoms with Crippen molar-refractivity contribution in [3.05, 3.63) is 92.8 Å². The smallest absolute Gasteiger partial charge is 0.268 e. The molecule has 0 fully saturated rings. The number of carbonyl (C=O) groups is 1. The zero-order valence-corrected chi connectivity index (χ0v) is 16.3. The Morgan fingerprint density at radius 2 is 1.90 bits per heavy atom. The second-order valence-corrected chi connectivity index (χ2v) is 7.37. The quantitative estimate of drug-likeness (QED) is 0.393. The summed E-state index contributed by atoms with van der Waals surface area (Å²) in [6, 6.07) is 18.3. The number of amides is 1. The normalized spacial score (nSPS) is 11.2. The standard InChI is InChI=1S/C22H14N4O3S/c23-12-15(11-16-13-29-18-9-5-4-8-17(18)20(16)27)21(28)24-22-26-25-19(30-22)10-14-6-2-1-3-7-14/h1-9,11,13H,10H2,(H,24,26,28)/b15-11-. The molecule has 4 rings (SSSR count). The van der Waals surface area contributed by atoms with Crippen molar-refractivity contribution >= 4 is 39.4 Å². The third-order valence-corrected chi connectivity index (χ3v) is 5.10. The lowest BCUT2D eigenvalue weighted by Crippen LogP contribution is -2.14. The predicted molar refractivity (Wildman–Crippen MR) is 114 cm³/mol. The van der Waals surface area contributed by atoms with Crippen LogP contribution in [0.1, 0.15) is 16.1 Å². The van der Waals surface area contributed by atoms with Crippen LogP contribution in [0.25, 0.3) is 17.0 Å². The number of rotatable bonds is 5. The fourth-order valence-electron chi connectivity index (χ4n) is 2.81. The van der Waals surface area contributed by atoms with Crippen LogP contribution in [0.4, 0.5) is 5.13 Å². The van der Waals surface area contributed by atoms with Crippen LogP contribution >= 0.6 is 11.3 Å². The molecule has 4 aromatic rings. The minimum atomic E-state index is -0.674. The fourth-order valence-corrected chi connectivity index (χ4v) is 3.58. The fraction of sp³-hybridized carbons (Fsp3) is 0.0455. The average molecular weight is 414 g/mol. The highest BCUT2D eigenvalue weighted by atomic mass is 32.1. The number of para-hydroxylation sites is 1. The molecule has 0 aliphatic rings. The van der Waals surface area contributed by atoms with Gasteiger partial charge >= 0.3 is 0 Å². The highest BCUT2D eigenvalue weighted by Crippen LogP contribution is 2.19. The minimum absolute atomic E-state index is 0.113. The highest BCUT2D eigenvalue weighted by molar-refractivity contribution is 7.15. The Kier molecular flexibility index (Phi) is 5.46. The number of fused-ring (bicyclic) bond motifs is 1. The Morgan fingerprint density at radius 3 is 2.70 bits per heavy atom. The van der Waals surface area contributed by atoms with E-state index in [4.69, 9.17) is 4.42 Å². The summed E-state index contributed by atoms with van der Waals surface area (Å²) in [5, 5.41) is 21.4. The molecule has 30 heavy (non-hydrogen) atoms. The topological polar surface area (TPSA) is 109 Å². The maximum absolute atomic E-state index is 12.6. The van der Waals surface area contributed by atoms with Crippen molar-refractivity contribution in [1.29, 1.82) is 5.26 Å². The summed E-state index contributed by atoms with van der Waals surface area (Å²) < 4.78 is 5.42. The number of benzene rings is 2. The third kappa shape index (κ3) is 4.16. The molecule has 1 amide bonds. The van der Waals surface area contributed by atoms with E-state index in [0.29, 0.717) is 17.4 Å². The van der Waals surface area contributed by atoms with Crippen molar-refractivity contribution in [3.63, 3.8) is 0 Å². The molecule has 0 radical (unpaired) electrons. The Hall–Kier alpha value is -4.09. The molecule has 0 saturated carbocycles. The molecule has 0 bridgehead atoms. The number of nitrogens with zero attached hydrogens (tertiary/aromatic N) is 3. The molecule has 0 aliphatic carbocycles. The van der Waals surface area contributed by atoms with Crippen LogP contribution < -0.4 is 10.7 Å². The summed E-state index contributed by atoms with van der Waals surface area (Å²) in [7, 11) is 0. The Bertz CT molecular complexity index is 1350. The monoisotopic (exact) mass is 414 g/mol. The van der Waals surface area contributed by atoms with Gasteiger partial charge in [0.1, 0.15) is 28.5 Å². The maximum atomic E-state index is 12.6. The van der Waals surface area contributed by atoms with Gasteiger partial charge in [-0.05, 0) is 23.8 Å². The minimum Gasteiger partial charge on any atom is -0.463 e. The van der Waals surface area contributed by atoms with Gasteiger partial charge in [-0.3, -0.25) is 14.9 Å². The summed E-state index contributed by atoms with van der Waals surface area (Å²) in [4.78, 5) is 25.1. The van der Waals surface area contributed by atoms with Gasteiger partial charge in [-0.25, -0.2) is 0 Å². The first-order valence-electron chi connectivity index (χ1n) is 8.94. The van der Waals surface area contributed by atoms with Crippen LogP contribution in [-0.4, -0.2) is 16.1 Å². The number of nitrogens with one attached hydrogen (secondary N) is 1. The van der Waals surface area contributed by atoms with Crippen molar-refractivity contribution in [1.82, 2.24) is 10.2 Å². The summed E-state index contributed by atoms with van der Waals surface area (Å²) in [6.07, 6.45) is 3.03. The molecule has 2 heterocycles. The summed E-state index contributed by atoms with van der Waals surface area (Å²) in [6.45, 7) is 0. The molecule has 0 spiro atoms. The van der Waals surface area contributed by atoms with Gasteiger partial charge in [-0.1, -0.05) is 53.8 Å². The lowest BCUT2D eigenvalue weighted by atomic mass is 10.1. The summed E-state index contributed by atoms with van der Waals surface area (Å²) >= 11 is 1.22. The Balaban J connectivity index is 1.53. The zero-order valence-electron chi connectivity index (χ0n) is 15.5. The Labute approximate surface area is 174 Å². The van der Waals surface area contributed by atoms with E-state index >= 15 is 0 Å². The van der Waals surface area contributed by atoms with E-state index < -0.39 is 5.91 Å². The van der Waals surface area contributed by atoms with E-state index in [9.17, 15) is 14.9 Å². The first kappa shape index (κ1) is 19.2. The largest absolute Gasteiger partial charge is 0.463 e. The molecular weight excluding hydrogens is 400 g/mol. The van der Waals surface area contributed by atoms with Crippen LogP contribution in [0.5, 0.6) is 0 Å². The van der Waals surface area contributed by atoms with Crippen LogP contribution in [0.2, 0.25) is 0 Å². The van der Waals surface area contributed by atoms with Crippen molar-refractivity contribution in [2.24, 2.45) is 0 Å². The van der Waals surface area contributed by atoms with E-state index in [1.807, 2.05) is 36.4 Å². The molecule has 8 heteroatoms. The van der Waals surface area contributed by atoms with Crippen molar-refractivity contribution in [2.45, 2.75) is 6.42 Å². The highest BCUT2D eigenvalue weighted by Gasteiger charge is 2.15. The zero-order chi connectivity index (χ0) is 20.9. The number of carbonyl (C=O) groups excluding carboxylic acids is 1. The van der Waals surface area contributed by atoms with Gasteiger partial charge in [-0.15, -0.1) is 10.2 Å². The number of nitriles is 1. The van der Waals surface area contributed by atoms with Crippen molar-refractivity contribution in [3.8, 4) is 6.07 Å². The molecule has 1 N–H and O–H groups in total. The Morgan fingerprint density at radius 1 is 1.13 bits per heavy atom. The van der Waals surface area contributed by atoms with Gasteiger partial charge < -0.3 is 4.42 Å². The molecule has 7 nitrogen and oxygen atoms in total. The van der Waals surface area contributed by atoms with E-state index in [-0.39, 0.29) is 21.7 Å². The van der Waals surface area contributed by atoms with Gasteiger partial charge in [0.25, 0.3) is 5.91 Å². The predicted octanol–water partition coefficient (Wildman–Crippen LogP) is 3.78. The molecule has 2 aromatic heterocycles. The molecular formula is C22H14N4O3S. The number of hydrogen-bond acceptors (Lipinski definition) is 7. The SMILES string of the molecule is N#C/C(=C/c1coc2ccccc2c1=O)C(=O)Nc1nnc(Cc2ccccc2)s1. The lowest BCUT2D eigenvalue weighted by Gasteiger charge is -2.01. The molecule has 0 atom stereocenters. The molecule has 146 valence electrons. The van der Waals surface area contributed by atoms with Crippen molar-refractivity contribution < 1.29 is 9.21 Å². The van der Waals surface area contributed by atoms with E-state index in [0.717, 1.165) is 10.6 Å². The van der Waals surface area contributed by atoms with Crippen LogP contribution in [0, 0.1) is 11.3 Å². The third-order valence-electron chi connectivity index (χ3n) is 4.26. The maximum Gasteiger partial charge on any atom is 0.268 e. The number of hydrogen-bond donors (Lipinski definition) is 1. The average Bonchev–Trinajstić information content (AvgIpc) is 3.20. The molecule has 2 aromatic carbocycles. The van der Waals surface area contributed by atoms with Gasteiger partial charge in [0, 0.05) is 6.42 Å². The van der Waals surface area contributed by atoms with Gasteiger partial charge in [0.15, 0.2) is 5.43 Å². The van der Waals surface area contributed by atoms with Crippen LogP contribution in [0.3, 0.4) is 0 Å². The molecule has 0 saturated heterocycles. The van der Waals surface area contributed by atoms with Crippen LogP contribution in [0.15, 0.2) is 75.6 Å². The second-order valence-electron chi connectivity index (χ2n) is 6.30. The summed E-state index contributed by atoms with van der Waals surface area (Å²) in [5.41, 5.74) is 1.06. The first-order chi connectivity index (χ1) is 14.6. The van der Waals surface area contributed by atoms with E-state index in [2.05, 4.69) is 15.5 Å². The van der Waals surface area contributed by atoms with E-state index in [1.54, 1.807) is 24.3 Å². The van der Waals surface area contributed by atoms with E-state index in [1.165, 1.54) is 23.7 Å². The second kappa shape index (κ2) is 8.51. The van der Waals surface area contributed by atoms with Gasteiger partial charge in [0.05, 0.1) is 10.9 Å². The summed E-state index contributed by atoms with van der Waals surface area (Å²) in [5.74, 6) is -0.674. The molecule has 0 unspecified atom stereocenters. The number of aromatic nitrogens is 2. The lowest BCUT2D eigenvalue weighted by molar-refractivity contribution is -0.112. The van der Waals surface area contributed by atoms with Crippen LogP contribution in [-0.2, 0) is 11.2 Å². The first-order valence-corrected chi connectivity index (χ1v) is 9.75. The molecule has 0 aliphatic heterocycles. The number of anilines is 1. The van der Waals surface area contributed by atoms with Crippen molar-refractivity contribution in [2.75, 3.05) is 5.32 Å². The van der Waals surface area contributed by atoms with Gasteiger partial charge in [0.2, 0.25) is 5.13 Å².